The van der Waals surface area contributed by atoms with Crippen molar-refractivity contribution in [3.8, 4) is 5.88 Å². The minimum Gasteiger partial charge on any atom is -0.474 e. The van der Waals surface area contributed by atoms with Crippen molar-refractivity contribution in [2.45, 2.75) is 52.2 Å². The van der Waals surface area contributed by atoms with Gasteiger partial charge in [0.15, 0.2) is 0 Å². The molecule has 0 aromatic carbocycles. The van der Waals surface area contributed by atoms with Gasteiger partial charge in [-0.15, -0.1) is 0 Å². The molecule has 6 nitrogen and oxygen atoms in total. The van der Waals surface area contributed by atoms with Crippen molar-refractivity contribution in [2.24, 2.45) is 0 Å². The molecule has 0 radical (unpaired) electrons. The van der Waals surface area contributed by atoms with Gasteiger partial charge in [-0.2, -0.15) is 0 Å². The standard InChI is InChI=1S/C17H21N3O3/c1-11-16(12(2)23-20-11)17(21)19-10-13-7-8-15(18-9-13)22-14-5-3-4-6-14/h7-9,14H,3-6,10H2,1-2H3,(H,19,21). The summed E-state index contributed by atoms with van der Waals surface area (Å²) >= 11 is 0. The third-order valence-corrected chi connectivity index (χ3v) is 4.10. The second kappa shape index (κ2) is 6.81. The van der Waals surface area contributed by atoms with Crippen LogP contribution in [0.5, 0.6) is 5.88 Å². The summed E-state index contributed by atoms with van der Waals surface area (Å²) in [4.78, 5) is 16.5. The SMILES string of the molecule is Cc1noc(C)c1C(=O)NCc1ccc(OC2CCCC2)nc1. The van der Waals surface area contributed by atoms with Crippen molar-refractivity contribution in [3.05, 3.63) is 40.9 Å². The van der Waals surface area contributed by atoms with E-state index in [1.807, 2.05) is 12.1 Å². The third-order valence-electron chi connectivity index (χ3n) is 4.10. The van der Waals surface area contributed by atoms with Crippen LogP contribution in [-0.4, -0.2) is 22.2 Å². The molecule has 0 spiro atoms. The first-order chi connectivity index (χ1) is 11.1. The zero-order chi connectivity index (χ0) is 16.2. The quantitative estimate of drug-likeness (QED) is 0.918. The molecule has 1 aliphatic carbocycles. The molecule has 6 heteroatoms. The van der Waals surface area contributed by atoms with Crippen molar-refractivity contribution in [2.75, 3.05) is 0 Å². The van der Waals surface area contributed by atoms with Crippen LogP contribution in [-0.2, 0) is 6.54 Å². The smallest absolute Gasteiger partial charge is 0.257 e. The fourth-order valence-corrected chi connectivity index (χ4v) is 2.84. The van der Waals surface area contributed by atoms with Gasteiger partial charge in [0.05, 0.1) is 5.69 Å². The first-order valence-electron chi connectivity index (χ1n) is 7.96. The summed E-state index contributed by atoms with van der Waals surface area (Å²) < 4.78 is 10.8. The Balaban J connectivity index is 1.55. The van der Waals surface area contributed by atoms with E-state index in [1.165, 1.54) is 12.8 Å². The summed E-state index contributed by atoms with van der Waals surface area (Å²) in [6, 6.07) is 3.78. The second-order valence-corrected chi connectivity index (χ2v) is 5.91. The number of nitrogens with one attached hydrogen (secondary N) is 1. The summed E-state index contributed by atoms with van der Waals surface area (Å²) in [5.74, 6) is 0.990. The summed E-state index contributed by atoms with van der Waals surface area (Å²) in [5, 5.41) is 6.64. The molecule has 0 saturated heterocycles. The summed E-state index contributed by atoms with van der Waals surface area (Å²) in [5.41, 5.74) is 2.02. The molecule has 23 heavy (non-hydrogen) atoms. The molecule has 2 heterocycles. The molecule has 0 unspecified atom stereocenters. The molecule has 122 valence electrons. The number of amides is 1. The van der Waals surface area contributed by atoms with E-state index >= 15 is 0 Å². The van der Waals surface area contributed by atoms with E-state index in [9.17, 15) is 4.79 Å². The molecule has 2 aromatic rings. The average molecular weight is 315 g/mol. The largest absolute Gasteiger partial charge is 0.474 e. The van der Waals surface area contributed by atoms with Gasteiger partial charge in [-0.3, -0.25) is 4.79 Å². The van der Waals surface area contributed by atoms with Crippen molar-refractivity contribution in [3.63, 3.8) is 0 Å². The van der Waals surface area contributed by atoms with Gasteiger partial charge in [0.1, 0.15) is 17.4 Å². The van der Waals surface area contributed by atoms with Crippen molar-refractivity contribution < 1.29 is 14.1 Å². The van der Waals surface area contributed by atoms with Gasteiger partial charge >= 0.3 is 0 Å². The zero-order valence-corrected chi connectivity index (χ0v) is 13.5. The lowest BCUT2D eigenvalue weighted by molar-refractivity contribution is 0.0949. The van der Waals surface area contributed by atoms with Crippen LogP contribution in [0.15, 0.2) is 22.9 Å². The van der Waals surface area contributed by atoms with Crippen molar-refractivity contribution in [1.29, 1.82) is 0 Å². The molecule has 0 bridgehead atoms. The van der Waals surface area contributed by atoms with Crippen molar-refractivity contribution in [1.82, 2.24) is 15.5 Å². The Bertz CT molecular complexity index is 653. The van der Waals surface area contributed by atoms with Crippen LogP contribution < -0.4 is 10.1 Å². The highest BCUT2D eigenvalue weighted by atomic mass is 16.5. The van der Waals surface area contributed by atoms with E-state index in [-0.39, 0.29) is 5.91 Å². The minimum atomic E-state index is -0.187. The van der Waals surface area contributed by atoms with Gasteiger partial charge < -0.3 is 14.6 Å². The molecule has 1 N–H and O–H groups in total. The number of pyridine rings is 1. The Kier molecular flexibility index (Phi) is 4.60. The van der Waals surface area contributed by atoms with E-state index < -0.39 is 0 Å². The fraction of sp³-hybridized carbons (Fsp3) is 0.471. The molecule has 1 amide bonds. The van der Waals surface area contributed by atoms with Gasteiger partial charge in [-0.1, -0.05) is 11.2 Å². The van der Waals surface area contributed by atoms with Gasteiger partial charge in [0.2, 0.25) is 5.88 Å². The van der Waals surface area contributed by atoms with E-state index in [4.69, 9.17) is 9.26 Å². The number of rotatable bonds is 5. The Morgan fingerprint density at radius 2 is 2.13 bits per heavy atom. The maximum atomic E-state index is 12.2. The van der Waals surface area contributed by atoms with Crippen LogP contribution in [0, 0.1) is 13.8 Å². The average Bonchev–Trinajstić information content (AvgIpc) is 3.16. The Morgan fingerprint density at radius 3 is 2.74 bits per heavy atom. The third kappa shape index (κ3) is 3.70. The fourth-order valence-electron chi connectivity index (χ4n) is 2.84. The number of ether oxygens (including phenoxy) is 1. The molecule has 1 fully saturated rings. The topological polar surface area (TPSA) is 77.2 Å². The first-order valence-corrected chi connectivity index (χ1v) is 7.96. The number of hydrogen-bond donors (Lipinski definition) is 1. The van der Waals surface area contributed by atoms with Crippen LogP contribution in [0.25, 0.3) is 0 Å². The molecule has 2 aromatic heterocycles. The summed E-state index contributed by atoms with van der Waals surface area (Å²) in [7, 11) is 0. The number of nitrogens with zero attached hydrogens (tertiary/aromatic N) is 2. The lowest BCUT2D eigenvalue weighted by Crippen LogP contribution is -2.23. The number of hydrogen-bond acceptors (Lipinski definition) is 5. The minimum absolute atomic E-state index is 0.187. The second-order valence-electron chi connectivity index (χ2n) is 5.91. The first kappa shape index (κ1) is 15.5. The van der Waals surface area contributed by atoms with Gasteiger partial charge in [0, 0.05) is 18.8 Å². The molecule has 1 saturated carbocycles. The van der Waals surface area contributed by atoms with Crippen molar-refractivity contribution >= 4 is 5.91 Å². The van der Waals surface area contributed by atoms with Crippen LogP contribution >= 0.6 is 0 Å². The highest BCUT2D eigenvalue weighted by molar-refractivity contribution is 5.95. The zero-order valence-electron chi connectivity index (χ0n) is 13.5. The van der Waals surface area contributed by atoms with Crippen LogP contribution in [0.3, 0.4) is 0 Å². The molecule has 1 aliphatic rings. The number of aryl methyl sites for hydroxylation is 2. The normalized spacial score (nSPS) is 14.9. The van der Waals surface area contributed by atoms with E-state index in [0.717, 1.165) is 18.4 Å². The van der Waals surface area contributed by atoms with Gasteiger partial charge in [0.25, 0.3) is 5.91 Å². The Hall–Kier alpha value is -2.37. The van der Waals surface area contributed by atoms with E-state index in [1.54, 1.807) is 20.0 Å². The number of carbonyl (C=O) groups excluding carboxylic acids is 1. The monoisotopic (exact) mass is 315 g/mol. The molecular formula is C17H21N3O3. The highest BCUT2D eigenvalue weighted by Gasteiger charge is 2.18. The number of aromatic nitrogens is 2. The summed E-state index contributed by atoms with van der Waals surface area (Å²) in [6.07, 6.45) is 6.71. The number of carbonyl (C=O) groups is 1. The van der Waals surface area contributed by atoms with Crippen LogP contribution in [0.1, 0.15) is 53.1 Å². The lowest BCUT2D eigenvalue weighted by atomic mass is 10.2. The van der Waals surface area contributed by atoms with Gasteiger partial charge in [-0.05, 0) is 45.1 Å². The van der Waals surface area contributed by atoms with E-state index in [2.05, 4.69) is 15.5 Å². The maximum absolute atomic E-state index is 12.2. The predicted molar refractivity (Wildman–Crippen MR) is 84.3 cm³/mol. The highest BCUT2D eigenvalue weighted by Crippen LogP contribution is 2.22. The van der Waals surface area contributed by atoms with Gasteiger partial charge in [-0.25, -0.2) is 4.98 Å². The Morgan fingerprint density at radius 1 is 1.35 bits per heavy atom. The lowest BCUT2D eigenvalue weighted by Gasteiger charge is -2.12. The molecular weight excluding hydrogens is 294 g/mol. The molecule has 0 atom stereocenters. The predicted octanol–water partition coefficient (Wildman–Crippen LogP) is 2.94. The Labute approximate surface area is 135 Å². The summed E-state index contributed by atoms with van der Waals surface area (Å²) in [6.45, 7) is 3.88. The molecule has 3 rings (SSSR count). The van der Waals surface area contributed by atoms with Crippen LogP contribution in [0.2, 0.25) is 0 Å². The molecule has 0 aliphatic heterocycles. The van der Waals surface area contributed by atoms with E-state index in [0.29, 0.717) is 35.5 Å². The maximum Gasteiger partial charge on any atom is 0.257 e. The van der Waals surface area contributed by atoms with Crippen LogP contribution in [0.4, 0.5) is 0 Å².